The number of benzene rings is 1. The summed E-state index contributed by atoms with van der Waals surface area (Å²) in [4.78, 5) is 22.7. The Bertz CT molecular complexity index is 440. The van der Waals surface area contributed by atoms with Gasteiger partial charge < -0.3 is 9.47 Å². The summed E-state index contributed by atoms with van der Waals surface area (Å²) in [5.74, 6) is 0.184. The van der Waals surface area contributed by atoms with Gasteiger partial charge in [0.25, 0.3) is 0 Å². The van der Waals surface area contributed by atoms with E-state index in [-0.39, 0.29) is 11.9 Å². The van der Waals surface area contributed by atoms with Gasteiger partial charge in [-0.2, -0.15) is 0 Å². The van der Waals surface area contributed by atoms with Crippen molar-refractivity contribution in [2.24, 2.45) is 5.92 Å². The van der Waals surface area contributed by atoms with E-state index >= 15 is 0 Å². The van der Waals surface area contributed by atoms with E-state index < -0.39 is 0 Å². The topological polar surface area (TPSA) is 52.6 Å². The fraction of sp³-hybridized carbons (Fsp3) is 0.467. The Balaban J connectivity index is 2.85. The molecule has 1 rings (SSSR count). The van der Waals surface area contributed by atoms with Crippen LogP contribution in [0.4, 0.5) is 0 Å². The van der Waals surface area contributed by atoms with Gasteiger partial charge in [0.1, 0.15) is 5.75 Å². The van der Waals surface area contributed by atoms with Crippen LogP contribution in [0.5, 0.6) is 5.75 Å². The van der Waals surface area contributed by atoms with Crippen LogP contribution in [-0.2, 0) is 16.0 Å². The van der Waals surface area contributed by atoms with E-state index in [4.69, 9.17) is 9.47 Å². The van der Waals surface area contributed by atoms with Gasteiger partial charge in [-0.05, 0) is 37.5 Å². The number of methoxy groups -OCH3 is 1. The van der Waals surface area contributed by atoms with Crippen molar-refractivity contribution in [1.29, 1.82) is 0 Å². The second kappa shape index (κ2) is 7.56. The van der Waals surface area contributed by atoms with Crippen molar-refractivity contribution in [2.45, 2.75) is 26.7 Å². The number of hydrogen-bond donors (Lipinski definition) is 0. The van der Waals surface area contributed by atoms with Crippen LogP contribution in [0, 0.1) is 5.92 Å². The molecule has 0 saturated carbocycles. The first kappa shape index (κ1) is 15.2. The minimum Gasteiger partial charge on any atom is -0.496 e. The van der Waals surface area contributed by atoms with Crippen LogP contribution in [0.2, 0.25) is 0 Å². The highest BCUT2D eigenvalue weighted by molar-refractivity contribution is 5.80. The third-order valence-corrected chi connectivity index (χ3v) is 3.02. The van der Waals surface area contributed by atoms with Crippen LogP contribution in [0.25, 0.3) is 0 Å². The smallest absolute Gasteiger partial charge is 0.309 e. The zero-order chi connectivity index (χ0) is 14.3. The molecule has 0 spiro atoms. The molecule has 1 aromatic rings. The minimum atomic E-state index is -0.187. The molecule has 0 bridgehead atoms. The Morgan fingerprint density at radius 3 is 2.63 bits per heavy atom. The average Bonchev–Trinajstić information content (AvgIpc) is 2.44. The number of aldehydes is 1. The van der Waals surface area contributed by atoms with E-state index in [2.05, 4.69) is 0 Å². The standard InChI is InChI=1S/C15H20O4/c1-4-12(15(17)19-5-2)8-11-6-7-14(18-3)13(9-11)10-16/h6-7,9-10,12H,4-5,8H2,1-3H3/t12-/m0/s1. The molecule has 0 aliphatic rings. The molecule has 1 aromatic carbocycles. The third kappa shape index (κ3) is 4.09. The Kier molecular flexibility index (Phi) is 6.06. The molecule has 0 saturated heterocycles. The molecular weight excluding hydrogens is 244 g/mol. The van der Waals surface area contributed by atoms with Gasteiger partial charge in [-0.25, -0.2) is 0 Å². The minimum absolute atomic E-state index is 0.173. The molecule has 19 heavy (non-hydrogen) atoms. The lowest BCUT2D eigenvalue weighted by atomic mass is 9.96. The van der Waals surface area contributed by atoms with Gasteiger partial charge in [0.05, 0.1) is 25.2 Å². The number of hydrogen-bond acceptors (Lipinski definition) is 4. The van der Waals surface area contributed by atoms with E-state index in [9.17, 15) is 9.59 Å². The van der Waals surface area contributed by atoms with E-state index in [0.29, 0.717) is 30.8 Å². The predicted octanol–water partition coefficient (Wildman–Crippen LogP) is 2.64. The summed E-state index contributed by atoms with van der Waals surface area (Å²) in [6.07, 6.45) is 2.04. The van der Waals surface area contributed by atoms with Crippen molar-refractivity contribution in [3.63, 3.8) is 0 Å². The lowest BCUT2D eigenvalue weighted by Crippen LogP contribution is -2.19. The van der Waals surface area contributed by atoms with Crippen LogP contribution >= 0.6 is 0 Å². The fourth-order valence-corrected chi connectivity index (χ4v) is 1.94. The molecule has 104 valence electrons. The van der Waals surface area contributed by atoms with Crippen molar-refractivity contribution < 1.29 is 19.1 Å². The molecule has 0 N–H and O–H groups in total. The molecule has 0 fully saturated rings. The largest absolute Gasteiger partial charge is 0.496 e. The molecule has 0 radical (unpaired) electrons. The fourth-order valence-electron chi connectivity index (χ4n) is 1.94. The number of carbonyl (C=O) groups excluding carboxylic acids is 2. The summed E-state index contributed by atoms with van der Waals surface area (Å²) in [7, 11) is 1.52. The van der Waals surface area contributed by atoms with E-state index in [1.54, 1.807) is 19.1 Å². The molecule has 4 heteroatoms. The molecule has 0 aliphatic carbocycles. The maximum absolute atomic E-state index is 11.7. The lowest BCUT2D eigenvalue weighted by Gasteiger charge is -2.14. The van der Waals surface area contributed by atoms with Crippen molar-refractivity contribution >= 4 is 12.3 Å². The zero-order valence-electron chi connectivity index (χ0n) is 11.6. The van der Waals surface area contributed by atoms with Gasteiger partial charge in [0, 0.05) is 0 Å². The SMILES string of the molecule is CCOC(=O)[C@@H](CC)Cc1ccc(OC)c(C=O)c1. The highest BCUT2D eigenvalue weighted by Gasteiger charge is 2.18. The number of esters is 1. The summed E-state index contributed by atoms with van der Waals surface area (Å²) < 4.78 is 10.1. The summed E-state index contributed by atoms with van der Waals surface area (Å²) in [6, 6.07) is 5.37. The molecule has 0 unspecified atom stereocenters. The van der Waals surface area contributed by atoms with Crippen molar-refractivity contribution in [2.75, 3.05) is 13.7 Å². The Hall–Kier alpha value is -1.84. The van der Waals surface area contributed by atoms with Crippen LogP contribution in [0.1, 0.15) is 36.2 Å². The Morgan fingerprint density at radius 2 is 2.11 bits per heavy atom. The molecular formula is C15H20O4. The summed E-state index contributed by atoms with van der Waals surface area (Å²) in [5, 5.41) is 0. The first-order valence-electron chi connectivity index (χ1n) is 6.44. The van der Waals surface area contributed by atoms with Crippen LogP contribution in [0.3, 0.4) is 0 Å². The molecule has 0 heterocycles. The third-order valence-electron chi connectivity index (χ3n) is 3.02. The summed E-state index contributed by atoms with van der Waals surface area (Å²) in [5.41, 5.74) is 1.43. The highest BCUT2D eigenvalue weighted by Crippen LogP contribution is 2.21. The molecule has 0 aromatic heterocycles. The number of ether oxygens (including phenoxy) is 2. The highest BCUT2D eigenvalue weighted by atomic mass is 16.5. The van der Waals surface area contributed by atoms with Gasteiger partial charge in [0.2, 0.25) is 0 Å². The van der Waals surface area contributed by atoms with E-state index in [0.717, 1.165) is 11.8 Å². The molecule has 4 nitrogen and oxygen atoms in total. The summed E-state index contributed by atoms with van der Waals surface area (Å²) in [6.45, 7) is 4.13. The van der Waals surface area contributed by atoms with Crippen LogP contribution in [0.15, 0.2) is 18.2 Å². The van der Waals surface area contributed by atoms with Gasteiger partial charge in [-0.1, -0.05) is 13.0 Å². The molecule has 0 amide bonds. The van der Waals surface area contributed by atoms with Crippen LogP contribution < -0.4 is 4.74 Å². The monoisotopic (exact) mass is 264 g/mol. The lowest BCUT2D eigenvalue weighted by molar-refractivity contribution is -0.148. The summed E-state index contributed by atoms with van der Waals surface area (Å²) >= 11 is 0. The van der Waals surface area contributed by atoms with E-state index in [1.807, 2.05) is 13.0 Å². The van der Waals surface area contributed by atoms with Gasteiger partial charge in [-0.3, -0.25) is 9.59 Å². The Morgan fingerprint density at radius 1 is 1.37 bits per heavy atom. The first-order chi connectivity index (χ1) is 9.15. The Labute approximate surface area is 113 Å². The van der Waals surface area contributed by atoms with Gasteiger partial charge in [-0.15, -0.1) is 0 Å². The normalized spacial score (nSPS) is 11.7. The van der Waals surface area contributed by atoms with Crippen LogP contribution in [-0.4, -0.2) is 26.0 Å². The van der Waals surface area contributed by atoms with Crippen molar-refractivity contribution in [3.8, 4) is 5.75 Å². The van der Waals surface area contributed by atoms with Crippen molar-refractivity contribution in [1.82, 2.24) is 0 Å². The van der Waals surface area contributed by atoms with E-state index in [1.165, 1.54) is 7.11 Å². The maximum atomic E-state index is 11.7. The first-order valence-corrected chi connectivity index (χ1v) is 6.44. The average molecular weight is 264 g/mol. The predicted molar refractivity (Wildman–Crippen MR) is 72.5 cm³/mol. The number of carbonyl (C=O) groups is 2. The van der Waals surface area contributed by atoms with Gasteiger partial charge >= 0.3 is 5.97 Å². The second-order valence-corrected chi connectivity index (χ2v) is 4.26. The molecule has 0 aliphatic heterocycles. The van der Waals surface area contributed by atoms with Gasteiger partial charge in [0.15, 0.2) is 6.29 Å². The van der Waals surface area contributed by atoms with Crippen molar-refractivity contribution in [3.05, 3.63) is 29.3 Å². The maximum Gasteiger partial charge on any atom is 0.309 e. The second-order valence-electron chi connectivity index (χ2n) is 4.26. The molecule has 1 atom stereocenters. The number of rotatable bonds is 7. The zero-order valence-corrected chi connectivity index (χ0v) is 11.6. The quantitative estimate of drug-likeness (QED) is 0.561.